The standard InChI is InChI=1S/C18H20N6OS/c25-18(12-26-11-14-4-2-1-3-5-14)20-15-8-9-23(10-15)17-7-6-16-21-19-13-24(16)22-17/h1-7,13,15H,8-12H2,(H,20,25)/t15-/m0/s1. The van der Waals surface area contributed by atoms with E-state index in [9.17, 15) is 4.79 Å². The fourth-order valence-corrected chi connectivity index (χ4v) is 3.88. The Labute approximate surface area is 155 Å². The molecule has 1 aromatic carbocycles. The van der Waals surface area contributed by atoms with Gasteiger partial charge in [0.15, 0.2) is 5.65 Å². The lowest BCUT2D eigenvalue weighted by molar-refractivity contribution is -0.119. The molecular weight excluding hydrogens is 348 g/mol. The minimum Gasteiger partial charge on any atom is -0.353 e. The number of nitrogens with zero attached hydrogens (tertiary/aromatic N) is 5. The lowest BCUT2D eigenvalue weighted by Crippen LogP contribution is -2.38. The third kappa shape index (κ3) is 3.96. The lowest BCUT2D eigenvalue weighted by Gasteiger charge is -2.17. The highest BCUT2D eigenvalue weighted by Crippen LogP contribution is 2.18. The van der Waals surface area contributed by atoms with E-state index in [4.69, 9.17) is 0 Å². The number of anilines is 1. The number of aromatic nitrogens is 4. The molecule has 0 spiro atoms. The molecule has 1 atom stereocenters. The van der Waals surface area contributed by atoms with E-state index in [2.05, 4.69) is 37.6 Å². The Morgan fingerprint density at radius 3 is 3.00 bits per heavy atom. The van der Waals surface area contributed by atoms with E-state index >= 15 is 0 Å². The van der Waals surface area contributed by atoms with Crippen molar-refractivity contribution < 1.29 is 4.79 Å². The molecule has 3 aromatic rings. The molecule has 0 radical (unpaired) electrons. The van der Waals surface area contributed by atoms with Gasteiger partial charge in [0.05, 0.1) is 5.75 Å². The summed E-state index contributed by atoms with van der Waals surface area (Å²) >= 11 is 1.64. The highest BCUT2D eigenvalue weighted by Gasteiger charge is 2.25. The summed E-state index contributed by atoms with van der Waals surface area (Å²) in [6, 6.07) is 14.2. The first kappa shape index (κ1) is 16.8. The van der Waals surface area contributed by atoms with E-state index in [1.165, 1.54) is 5.56 Å². The molecule has 0 bridgehead atoms. The first-order valence-electron chi connectivity index (χ1n) is 8.61. The van der Waals surface area contributed by atoms with Crippen molar-refractivity contribution in [3.05, 3.63) is 54.4 Å². The lowest BCUT2D eigenvalue weighted by atomic mass is 10.2. The number of carbonyl (C=O) groups excluding carboxylic acids is 1. The maximum absolute atomic E-state index is 12.2. The highest BCUT2D eigenvalue weighted by molar-refractivity contribution is 7.99. The molecule has 0 aliphatic carbocycles. The zero-order valence-electron chi connectivity index (χ0n) is 14.3. The zero-order chi connectivity index (χ0) is 17.8. The maximum atomic E-state index is 12.2. The second-order valence-corrected chi connectivity index (χ2v) is 7.29. The number of nitrogens with one attached hydrogen (secondary N) is 1. The number of thioether (sulfide) groups is 1. The van der Waals surface area contributed by atoms with E-state index in [0.717, 1.165) is 36.7 Å². The van der Waals surface area contributed by atoms with Crippen molar-refractivity contribution in [2.24, 2.45) is 0 Å². The summed E-state index contributed by atoms with van der Waals surface area (Å²) < 4.78 is 1.67. The normalized spacial score (nSPS) is 16.9. The number of fused-ring (bicyclic) bond motifs is 1. The van der Waals surface area contributed by atoms with Gasteiger partial charge >= 0.3 is 0 Å². The Balaban J connectivity index is 1.25. The maximum Gasteiger partial charge on any atom is 0.230 e. The Hall–Kier alpha value is -2.61. The van der Waals surface area contributed by atoms with Crippen molar-refractivity contribution in [2.45, 2.75) is 18.2 Å². The molecule has 8 heteroatoms. The second-order valence-electron chi connectivity index (χ2n) is 6.30. The van der Waals surface area contributed by atoms with Crippen LogP contribution in [0, 0.1) is 0 Å². The van der Waals surface area contributed by atoms with Gasteiger partial charge in [-0.2, -0.15) is 4.52 Å². The molecule has 1 amide bonds. The quantitative estimate of drug-likeness (QED) is 0.714. The Morgan fingerprint density at radius 1 is 1.23 bits per heavy atom. The van der Waals surface area contributed by atoms with Crippen LogP contribution in [-0.2, 0) is 10.5 Å². The summed E-state index contributed by atoms with van der Waals surface area (Å²) in [6.45, 7) is 1.65. The van der Waals surface area contributed by atoms with Gasteiger partial charge in [-0.1, -0.05) is 30.3 Å². The minimum atomic E-state index is 0.0972. The van der Waals surface area contributed by atoms with Crippen LogP contribution < -0.4 is 10.2 Å². The van der Waals surface area contributed by atoms with E-state index in [1.807, 2.05) is 30.3 Å². The monoisotopic (exact) mass is 368 g/mol. The van der Waals surface area contributed by atoms with E-state index < -0.39 is 0 Å². The number of benzene rings is 1. The van der Waals surface area contributed by atoms with Gasteiger partial charge in [0.2, 0.25) is 5.91 Å². The molecule has 0 saturated carbocycles. The number of hydrogen-bond acceptors (Lipinski definition) is 6. The van der Waals surface area contributed by atoms with Gasteiger partial charge in [0.25, 0.3) is 0 Å². The summed E-state index contributed by atoms with van der Waals surface area (Å²) in [6.07, 6.45) is 2.52. The van der Waals surface area contributed by atoms with Crippen LogP contribution in [0.2, 0.25) is 0 Å². The molecule has 134 valence electrons. The summed E-state index contributed by atoms with van der Waals surface area (Å²) in [5.74, 6) is 2.32. The molecule has 7 nitrogen and oxygen atoms in total. The van der Waals surface area contributed by atoms with Gasteiger partial charge in [-0.25, -0.2) is 0 Å². The number of carbonyl (C=O) groups is 1. The smallest absolute Gasteiger partial charge is 0.230 e. The van der Waals surface area contributed by atoms with Gasteiger partial charge in [-0.05, 0) is 24.1 Å². The zero-order valence-corrected chi connectivity index (χ0v) is 15.1. The van der Waals surface area contributed by atoms with Crippen molar-refractivity contribution >= 4 is 29.1 Å². The molecule has 4 rings (SSSR count). The Morgan fingerprint density at radius 2 is 2.12 bits per heavy atom. The average Bonchev–Trinajstić information content (AvgIpc) is 3.31. The topological polar surface area (TPSA) is 75.4 Å². The molecular formula is C18H20N6OS. The van der Waals surface area contributed by atoms with E-state index in [1.54, 1.807) is 22.6 Å². The molecule has 1 fully saturated rings. The predicted octanol–water partition coefficient (Wildman–Crippen LogP) is 1.75. The van der Waals surface area contributed by atoms with Crippen LogP contribution in [0.3, 0.4) is 0 Å². The molecule has 1 aliphatic heterocycles. The third-order valence-corrected chi connectivity index (χ3v) is 5.37. The van der Waals surface area contributed by atoms with Crippen LogP contribution in [0.1, 0.15) is 12.0 Å². The van der Waals surface area contributed by atoms with Crippen molar-refractivity contribution in [2.75, 3.05) is 23.7 Å². The first-order valence-corrected chi connectivity index (χ1v) is 9.76. The average molecular weight is 368 g/mol. The van der Waals surface area contributed by atoms with E-state index in [-0.39, 0.29) is 11.9 Å². The number of rotatable bonds is 6. The van der Waals surface area contributed by atoms with Crippen LogP contribution in [0.4, 0.5) is 5.82 Å². The molecule has 1 saturated heterocycles. The second kappa shape index (κ2) is 7.74. The van der Waals surface area contributed by atoms with Gasteiger partial charge in [0.1, 0.15) is 12.1 Å². The molecule has 26 heavy (non-hydrogen) atoms. The fourth-order valence-electron chi connectivity index (χ4n) is 3.08. The van der Waals surface area contributed by atoms with Gasteiger partial charge in [0, 0.05) is 24.9 Å². The number of amides is 1. The molecule has 3 heterocycles. The fraction of sp³-hybridized carbons (Fsp3) is 0.333. The van der Waals surface area contributed by atoms with Crippen LogP contribution in [0.25, 0.3) is 5.65 Å². The summed E-state index contributed by atoms with van der Waals surface area (Å²) in [5.41, 5.74) is 1.97. The van der Waals surface area contributed by atoms with Crippen molar-refractivity contribution in [1.82, 2.24) is 25.1 Å². The van der Waals surface area contributed by atoms with Crippen molar-refractivity contribution in [3.8, 4) is 0 Å². The molecule has 1 aliphatic rings. The van der Waals surface area contributed by atoms with Gasteiger partial charge in [-0.3, -0.25) is 4.79 Å². The molecule has 0 unspecified atom stereocenters. The van der Waals surface area contributed by atoms with E-state index in [0.29, 0.717) is 5.75 Å². The largest absolute Gasteiger partial charge is 0.353 e. The SMILES string of the molecule is O=C(CSCc1ccccc1)N[C@H]1CCN(c2ccc3nncn3n2)C1. The van der Waals surface area contributed by atoms with Crippen LogP contribution in [0.5, 0.6) is 0 Å². The summed E-state index contributed by atoms with van der Waals surface area (Å²) in [7, 11) is 0. The third-order valence-electron chi connectivity index (χ3n) is 4.37. The molecule has 2 aromatic heterocycles. The minimum absolute atomic E-state index is 0.0972. The Bertz CT molecular complexity index is 884. The first-order chi connectivity index (χ1) is 12.8. The molecule has 1 N–H and O–H groups in total. The van der Waals surface area contributed by atoms with Gasteiger partial charge in [-0.15, -0.1) is 27.1 Å². The summed E-state index contributed by atoms with van der Waals surface area (Å²) in [4.78, 5) is 14.4. The van der Waals surface area contributed by atoms with Crippen molar-refractivity contribution in [3.63, 3.8) is 0 Å². The number of hydrogen-bond donors (Lipinski definition) is 1. The predicted molar refractivity (Wildman–Crippen MR) is 102 cm³/mol. The van der Waals surface area contributed by atoms with Gasteiger partial charge < -0.3 is 10.2 Å². The van der Waals surface area contributed by atoms with Crippen LogP contribution in [0.15, 0.2) is 48.8 Å². The van der Waals surface area contributed by atoms with Crippen LogP contribution >= 0.6 is 11.8 Å². The van der Waals surface area contributed by atoms with Crippen LogP contribution in [-0.4, -0.2) is 50.6 Å². The highest BCUT2D eigenvalue weighted by atomic mass is 32.2. The Kier molecular flexibility index (Phi) is 5.01. The summed E-state index contributed by atoms with van der Waals surface area (Å²) in [5, 5.41) is 15.5. The van der Waals surface area contributed by atoms with Crippen molar-refractivity contribution in [1.29, 1.82) is 0 Å².